The minimum absolute atomic E-state index is 0.192. The average Bonchev–Trinajstić information content (AvgIpc) is 2.67. The van der Waals surface area contributed by atoms with Gasteiger partial charge in [0.2, 0.25) is 0 Å². The molecule has 2 atom stereocenters. The van der Waals surface area contributed by atoms with Crippen LogP contribution < -0.4 is 0 Å². The van der Waals surface area contributed by atoms with Crippen LogP contribution in [0.2, 0.25) is 0 Å². The second-order valence-corrected chi connectivity index (χ2v) is 6.33. The number of nitrogens with zero attached hydrogens (tertiary/aromatic N) is 2. The largest absolute Gasteiger partial charge is 0.480 e. The monoisotopic (exact) mass is 282 g/mol. The molecular weight excluding hydrogens is 264 g/mol. The van der Waals surface area contributed by atoms with Gasteiger partial charge in [-0.1, -0.05) is 6.92 Å². The highest BCUT2D eigenvalue weighted by atomic mass is 32.1. The fourth-order valence-corrected chi connectivity index (χ4v) is 3.35. The summed E-state index contributed by atoms with van der Waals surface area (Å²) < 4.78 is 0. The normalized spacial score (nSPS) is 23.4. The molecule has 1 aromatic rings. The molecule has 19 heavy (non-hydrogen) atoms. The molecular formula is C13H18N2O3S. The van der Waals surface area contributed by atoms with Crippen molar-refractivity contribution < 1.29 is 14.7 Å². The lowest BCUT2D eigenvalue weighted by Gasteiger charge is -2.35. The molecule has 0 spiro atoms. The van der Waals surface area contributed by atoms with Gasteiger partial charge in [-0.05, 0) is 32.6 Å². The van der Waals surface area contributed by atoms with Gasteiger partial charge in [-0.25, -0.2) is 9.78 Å². The topological polar surface area (TPSA) is 70.5 Å². The summed E-state index contributed by atoms with van der Waals surface area (Å²) >= 11 is 1.34. The highest BCUT2D eigenvalue weighted by Gasteiger charge is 2.36. The van der Waals surface area contributed by atoms with Gasteiger partial charge in [0.15, 0.2) is 0 Å². The molecule has 0 radical (unpaired) electrons. The van der Waals surface area contributed by atoms with Gasteiger partial charge in [-0.3, -0.25) is 4.79 Å². The summed E-state index contributed by atoms with van der Waals surface area (Å²) in [6.07, 6.45) is 1.38. The first-order chi connectivity index (χ1) is 8.90. The van der Waals surface area contributed by atoms with Crippen molar-refractivity contribution in [3.63, 3.8) is 0 Å². The number of carbonyl (C=O) groups is 2. The van der Waals surface area contributed by atoms with Gasteiger partial charge >= 0.3 is 5.97 Å². The summed E-state index contributed by atoms with van der Waals surface area (Å²) in [5.41, 5.74) is 0.690. The van der Waals surface area contributed by atoms with E-state index < -0.39 is 12.0 Å². The number of carbonyl (C=O) groups excluding carboxylic acids is 1. The lowest BCUT2D eigenvalue weighted by Crippen LogP contribution is -2.49. The molecule has 0 bridgehead atoms. The van der Waals surface area contributed by atoms with Crippen molar-refractivity contribution in [2.45, 2.75) is 39.7 Å². The molecule has 0 saturated carbocycles. The molecule has 1 N–H and O–H groups in total. The Labute approximate surface area is 116 Å². The summed E-state index contributed by atoms with van der Waals surface area (Å²) in [5, 5.41) is 10.1. The third kappa shape index (κ3) is 2.78. The maximum absolute atomic E-state index is 12.5. The number of piperidine rings is 1. The highest BCUT2D eigenvalue weighted by molar-refractivity contribution is 7.13. The third-order valence-corrected chi connectivity index (χ3v) is 4.57. The predicted octanol–water partition coefficient (Wildman–Crippen LogP) is 2.09. The van der Waals surface area contributed by atoms with Crippen LogP contribution in [-0.2, 0) is 4.79 Å². The molecule has 0 aromatic carbocycles. The van der Waals surface area contributed by atoms with Gasteiger partial charge in [0.25, 0.3) is 5.91 Å². The van der Waals surface area contributed by atoms with Crippen molar-refractivity contribution in [2.75, 3.05) is 6.54 Å². The molecule has 1 amide bonds. The molecule has 1 aliphatic heterocycles. The SMILES string of the molecule is Cc1nc(C)c(C(=O)N2CCC(C)CC2C(=O)O)s1. The number of aryl methyl sites for hydroxylation is 2. The van der Waals surface area contributed by atoms with Crippen LogP contribution in [0.5, 0.6) is 0 Å². The van der Waals surface area contributed by atoms with Crippen molar-refractivity contribution in [3.8, 4) is 0 Å². The maximum Gasteiger partial charge on any atom is 0.326 e. The van der Waals surface area contributed by atoms with Gasteiger partial charge in [-0.2, -0.15) is 0 Å². The second kappa shape index (κ2) is 5.28. The van der Waals surface area contributed by atoms with Crippen molar-refractivity contribution in [1.82, 2.24) is 9.88 Å². The van der Waals surface area contributed by atoms with Gasteiger partial charge in [0.1, 0.15) is 10.9 Å². The molecule has 5 nitrogen and oxygen atoms in total. The number of hydrogen-bond donors (Lipinski definition) is 1. The van der Waals surface area contributed by atoms with E-state index in [-0.39, 0.29) is 5.91 Å². The Morgan fingerprint density at radius 1 is 1.42 bits per heavy atom. The van der Waals surface area contributed by atoms with E-state index in [1.54, 1.807) is 6.92 Å². The van der Waals surface area contributed by atoms with Crippen LogP contribution in [0.15, 0.2) is 0 Å². The van der Waals surface area contributed by atoms with Crippen molar-refractivity contribution in [2.24, 2.45) is 5.92 Å². The molecule has 2 rings (SSSR count). The predicted molar refractivity (Wildman–Crippen MR) is 72.4 cm³/mol. The smallest absolute Gasteiger partial charge is 0.326 e. The van der Waals surface area contributed by atoms with E-state index in [0.29, 0.717) is 29.5 Å². The van der Waals surface area contributed by atoms with Crippen LogP contribution in [0.4, 0.5) is 0 Å². The molecule has 1 fully saturated rings. The molecule has 0 aliphatic carbocycles. The van der Waals surface area contributed by atoms with Crippen LogP contribution >= 0.6 is 11.3 Å². The zero-order valence-corrected chi connectivity index (χ0v) is 12.2. The summed E-state index contributed by atoms with van der Waals surface area (Å²) in [4.78, 5) is 30.1. The van der Waals surface area contributed by atoms with Crippen molar-refractivity contribution in [1.29, 1.82) is 0 Å². The second-order valence-electron chi connectivity index (χ2n) is 5.13. The summed E-state index contributed by atoms with van der Waals surface area (Å²) in [6, 6.07) is -0.710. The zero-order chi connectivity index (χ0) is 14.2. The molecule has 2 heterocycles. The first kappa shape index (κ1) is 14.0. The van der Waals surface area contributed by atoms with Crippen LogP contribution in [-0.4, -0.2) is 39.5 Å². The van der Waals surface area contributed by atoms with Crippen LogP contribution in [0, 0.1) is 19.8 Å². The summed E-state index contributed by atoms with van der Waals surface area (Å²) in [6.45, 7) is 6.17. The van der Waals surface area contributed by atoms with Gasteiger partial charge in [0, 0.05) is 6.54 Å². The molecule has 1 saturated heterocycles. The number of rotatable bonds is 2. The number of aromatic nitrogens is 1. The van der Waals surface area contributed by atoms with Gasteiger partial charge in [0.05, 0.1) is 10.7 Å². The van der Waals surface area contributed by atoms with E-state index in [2.05, 4.69) is 4.98 Å². The minimum Gasteiger partial charge on any atom is -0.480 e. The fourth-order valence-electron chi connectivity index (χ4n) is 2.48. The van der Waals surface area contributed by atoms with Crippen molar-refractivity contribution in [3.05, 3.63) is 15.6 Å². The van der Waals surface area contributed by atoms with E-state index >= 15 is 0 Å². The standard InChI is InChI=1S/C13H18N2O3S/c1-7-4-5-15(10(6-7)13(17)18)12(16)11-8(2)14-9(3)19-11/h7,10H,4-6H2,1-3H3,(H,17,18). The summed E-state index contributed by atoms with van der Waals surface area (Å²) in [5.74, 6) is -0.768. The third-order valence-electron chi connectivity index (χ3n) is 3.51. The zero-order valence-electron chi connectivity index (χ0n) is 11.3. The van der Waals surface area contributed by atoms with E-state index in [9.17, 15) is 14.7 Å². The van der Waals surface area contributed by atoms with Gasteiger partial charge in [-0.15, -0.1) is 11.3 Å². The Kier molecular flexibility index (Phi) is 3.89. The molecule has 104 valence electrons. The number of hydrogen-bond acceptors (Lipinski definition) is 4. The Morgan fingerprint density at radius 2 is 2.11 bits per heavy atom. The van der Waals surface area contributed by atoms with E-state index in [4.69, 9.17) is 0 Å². The Bertz CT molecular complexity index is 512. The number of carboxylic acid groups (broad SMARTS) is 1. The van der Waals surface area contributed by atoms with E-state index in [1.807, 2.05) is 13.8 Å². The first-order valence-electron chi connectivity index (χ1n) is 6.38. The van der Waals surface area contributed by atoms with Crippen LogP contribution in [0.3, 0.4) is 0 Å². The molecule has 1 aromatic heterocycles. The van der Waals surface area contributed by atoms with Crippen molar-refractivity contribution >= 4 is 23.2 Å². The highest BCUT2D eigenvalue weighted by Crippen LogP contribution is 2.27. The van der Waals surface area contributed by atoms with E-state index in [0.717, 1.165) is 11.4 Å². The number of carboxylic acids is 1. The first-order valence-corrected chi connectivity index (χ1v) is 7.19. The Balaban J connectivity index is 2.26. The molecule has 6 heteroatoms. The fraction of sp³-hybridized carbons (Fsp3) is 0.615. The number of likely N-dealkylation sites (tertiary alicyclic amines) is 1. The number of aliphatic carboxylic acids is 1. The number of amides is 1. The lowest BCUT2D eigenvalue weighted by molar-refractivity contribution is -0.144. The van der Waals surface area contributed by atoms with E-state index in [1.165, 1.54) is 16.2 Å². The van der Waals surface area contributed by atoms with Crippen LogP contribution in [0.1, 0.15) is 40.1 Å². The minimum atomic E-state index is -0.918. The maximum atomic E-state index is 12.5. The average molecular weight is 282 g/mol. The van der Waals surface area contributed by atoms with Gasteiger partial charge < -0.3 is 10.0 Å². The quantitative estimate of drug-likeness (QED) is 0.901. The number of thiazole rings is 1. The molecule has 1 aliphatic rings. The lowest BCUT2D eigenvalue weighted by atomic mass is 9.92. The summed E-state index contributed by atoms with van der Waals surface area (Å²) in [7, 11) is 0. The van der Waals surface area contributed by atoms with Crippen LogP contribution in [0.25, 0.3) is 0 Å². The molecule has 2 unspecified atom stereocenters. The Hall–Kier alpha value is -1.43. The Morgan fingerprint density at radius 3 is 2.63 bits per heavy atom.